The summed E-state index contributed by atoms with van der Waals surface area (Å²) >= 11 is 0. The van der Waals surface area contributed by atoms with Crippen LogP contribution in [0.3, 0.4) is 0 Å². The van der Waals surface area contributed by atoms with E-state index in [-0.39, 0.29) is 17.9 Å². The summed E-state index contributed by atoms with van der Waals surface area (Å²) in [5.74, 6) is 0.744. The van der Waals surface area contributed by atoms with Crippen molar-refractivity contribution in [2.75, 3.05) is 19.7 Å². The van der Waals surface area contributed by atoms with Crippen LogP contribution in [0, 0.1) is 5.92 Å². The zero-order chi connectivity index (χ0) is 13.8. The average molecular weight is 263 g/mol. The number of amides is 1. The summed E-state index contributed by atoms with van der Waals surface area (Å²) in [5, 5.41) is 9.72. The van der Waals surface area contributed by atoms with E-state index in [4.69, 9.17) is 4.74 Å². The van der Waals surface area contributed by atoms with Crippen molar-refractivity contribution in [2.45, 2.75) is 26.4 Å². The van der Waals surface area contributed by atoms with E-state index in [1.165, 1.54) is 0 Å². The zero-order valence-electron chi connectivity index (χ0n) is 11.5. The lowest BCUT2D eigenvalue weighted by Gasteiger charge is -2.34. The number of nitrogens with zero attached hydrogens (tertiary/aromatic N) is 1. The lowest BCUT2D eigenvalue weighted by Crippen LogP contribution is -2.45. The maximum atomic E-state index is 12.5. The summed E-state index contributed by atoms with van der Waals surface area (Å²) in [4.78, 5) is 14.3. The molecule has 1 heterocycles. The number of hydrogen-bond acceptors (Lipinski definition) is 3. The van der Waals surface area contributed by atoms with Crippen LogP contribution in [0.5, 0.6) is 5.75 Å². The van der Waals surface area contributed by atoms with E-state index in [0.29, 0.717) is 37.4 Å². The highest BCUT2D eigenvalue weighted by Gasteiger charge is 2.28. The van der Waals surface area contributed by atoms with Gasteiger partial charge in [0.15, 0.2) is 0 Å². The van der Waals surface area contributed by atoms with E-state index in [1.807, 2.05) is 32.0 Å². The molecule has 1 aliphatic heterocycles. The molecule has 104 valence electrons. The molecule has 2 rings (SSSR count). The lowest BCUT2D eigenvalue weighted by molar-refractivity contribution is 0.0295. The highest BCUT2D eigenvalue weighted by atomic mass is 16.5. The Morgan fingerprint density at radius 1 is 1.47 bits per heavy atom. The molecular weight excluding hydrogens is 242 g/mol. The van der Waals surface area contributed by atoms with Gasteiger partial charge in [-0.25, -0.2) is 0 Å². The fraction of sp³-hybridized carbons (Fsp3) is 0.533. The quantitative estimate of drug-likeness (QED) is 0.906. The molecule has 0 spiro atoms. The summed E-state index contributed by atoms with van der Waals surface area (Å²) in [5.41, 5.74) is 0.605. The second kappa shape index (κ2) is 6.06. The molecule has 1 saturated heterocycles. The minimum absolute atomic E-state index is 0.0113. The minimum atomic E-state index is -0.300. The number of carbonyl (C=O) groups excluding carboxylic acids is 1. The minimum Gasteiger partial charge on any atom is -0.493 e. The molecule has 0 bridgehead atoms. The number of aliphatic hydroxyl groups excluding tert-OH is 1. The van der Waals surface area contributed by atoms with E-state index < -0.39 is 0 Å². The van der Waals surface area contributed by atoms with Crippen molar-refractivity contribution in [3.8, 4) is 5.75 Å². The lowest BCUT2D eigenvalue weighted by atomic mass is 9.96. The number of likely N-dealkylation sites (tertiary alicyclic amines) is 1. The molecule has 0 aliphatic carbocycles. The van der Waals surface area contributed by atoms with Crippen molar-refractivity contribution < 1.29 is 14.6 Å². The third kappa shape index (κ3) is 3.07. The van der Waals surface area contributed by atoms with Crippen LogP contribution in [0.4, 0.5) is 0 Å². The third-order valence-corrected chi connectivity index (χ3v) is 3.56. The number of ether oxygens (including phenoxy) is 1. The standard InChI is InChI=1S/C15H21NO3/c1-3-19-14-7-5-4-6-12(14)15(18)16-9-8-13(17)11(2)10-16/h4-7,11,13,17H,3,8-10H2,1-2H3. The van der Waals surface area contributed by atoms with E-state index in [2.05, 4.69) is 0 Å². The number of para-hydroxylation sites is 1. The summed E-state index contributed by atoms with van der Waals surface area (Å²) in [6.07, 6.45) is 0.343. The summed E-state index contributed by atoms with van der Waals surface area (Å²) in [6.45, 7) is 5.61. The maximum Gasteiger partial charge on any atom is 0.257 e. The fourth-order valence-corrected chi connectivity index (χ4v) is 2.41. The molecule has 0 radical (unpaired) electrons. The SMILES string of the molecule is CCOc1ccccc1C(=O)N1CCC(O)C(C)C1. The molecule has 19 heavy (non-hydrogen) atoms. The molecule has 2 unspecified atom stereocenters. The summed E-state index contributed by atoms with van der Waals surface area (Å²) in [7, 11) is 0. The van der Waals surface area contributed by atoms with Gasteiger partial charge in [-0.05, 0) is 31.4 Å². The van der Waals surface area contributed by atoms with Crippen molar-refractivity contribution >= 4 is 5.91 Å². The topological polar surface area (TPSA) is 49.8 Å². The highest BCUT2D eigenvalue weighted by molar-refractivity contribution is 5.97. The van der Waals surface area contributed by atoms with Gasteiger partial charge >= 0.3 is 0 Å². The summed E-state index contributed by atoms with van der Waals surface area (Å²) < 4.78 is 5.50. The van der Waals surface area contributed by atoms with Gasteiger partial charge in [0.05, 0.1) is 18.3 Å². The molecule has 1 aliphatic rings. The number of piperidine rings is 1. The van der Waals surface area contributed by atoms with Gasteiger partial charge < -0.3 is 14.7 Å². The van der Waals surface area contributed by atoms with Crippen LogP contribution in [0.1, 0.15) is 30.6 Å². The Labute approximate surface area is 114 Å². The molecule has 1 aromatic rings. The van der Waals surface area contributed by atoms with Crippen molar-refractivity contribution in [1.82, 2.24) is 4.90 Å². The smallest absolute Gasteiger partial charge is 0.257 e. The first-order chi connectivity index (χ1) is 9.13. The van der Waals surface area contributed by atoms with Gasteiger partial charge in [-0.2, -0.15) is 0 Å². The Hall–Kier alpha value is -1.55. The van der Waals surface area contributed by atoms with Gasteiger partial charge in [-0.15, -0.1) is 0 Å². The van der Waals surface area contributed by atoms with Gasteiger partial charge in [0.2, 0.25) is 0 Å². The van der Waals surface area contributed by atoms with E-state index in [9.17, 15) is 9.90 Å². The van der Waals surface area contributed by atoms with Crippen LogP contribution in [0.25, 0.3) is 0 Å². The molecule has 1 N–H and O–H groups in total. The van der Waals surface area contributed by atoms with Crippen LogP contribution in [0.15, 0.2) is 24.3 Å². The van der Waals surface area contributed by atoms with Crippen molar-refractivity contribution in [3.63, 3.8) is 0 Å². The Morgan fingerprint density at radius 2 is 2.21 bits per heavy atom. The first-order valence-corrected chi connectivity index (χ1v) is 6.82. The van der Waals surface area contributed by atoms with Gasteiger partial charge in [-0.1, -0.05) is 19.1 Å². The highest BCUT2D eigenvalue weighted by Crippen LogP contribution is 2.23. The average Bonchev–Trinajstić information content (AvgIpc) is 2.42. The van der Waals surface area contributed by atoms with Gasteiger partial charge in [0.1, 0.15) is 5.75 Å². The second-order valence-corrected chi connectivity index (χ2v) is 5.01. The number of hydrogen-bond donors (Lipinski definition) is 1. The Balaban J connectivity index is 2.15. The van der Waals surface area contributed by atoms with Gasteiger partial charge in [0.25, 0.3) is 5.91 Å². The predicted octanol–water partition coefficient (Wildman–Crippen LogP) is 1.93. The monoisotopic (exact) mass is 263 g/mol. The van der Waals surface area contributed by atoms with E-state index in [1.54, 1.807) is 11.0 Å². The van der Waals surface area contributed by atoms with Gasteiger partial charge in [-0.3, -0.25) is 4.79 Å². The van der Waals surface area contributed by atoms with Gasteiger partial charge in [0, 0.05) is 13.1 Å². The number of rotatable bonds is 3. The molecule has 4 nitrogen and oxygen atoms in total. The van der Waals surface area contributed by atoms with Crippen LogP contribution in [-0.4, -0.2) is 41.7 Å². The first-order valence-electron chi connectivity index (χ1n) is 6.82. The molecule has 1 amide bonds. The largest absolute Gasteiger partial charge is 0.493 e. The number of aliphatic hydroxyl groups is 1. The Bertz CT molecular complexity index is 447. The molecule has 1 fully saturated rings. The number of carbonyl (C=O) groups is 1. The Morgan fingerprint density at radius 3 is 2.89 bits per heavy atom. The third-order valence-electron chi connectivity index (χ3n) is 3.56. The van der Waals surface area contributed by atoms with E-state index in [0.717, 1.165) is 0 Å². The first kappa shape index (κ1) is 13.9. The molecule has 0 aromatic heterocycles. The maximum absolute atomic E-state index is 12.5. The Kier molecular flexibility index (Phi) is 4.43. The second-order valence-electron chi connectivity index (χ2n) is 5.01. The number of benzene rings is 1. The molecule has 0 saturated carbocycles. The molecule has 1 aromatic carbocycles. The van der Waals surface area contributed by atoms with E-state index >= 15 is 0 Å². The molecular formula is C15H21NO3. The molecule has 4 heteroatoms. The normalized spacial score (nSPS) is 23.2. The van der Waals surface area contributed by atoms with Crippen LogP contribution >= 0.6 is 0 Å². The van der Waals surface area contributed by atoms with Crippen molar-refractivity contribution in [1.29, 1.82) is 0 Å². The molecule has 2 atom stereocenters. The van der Waals surface area contributed by atoms with Crippen LogP contribution in [0.2, 0.25) is 0 Å². The van der Waals surface area contributed by atoms with Crippen LogP contribution < -0.4 is 4.74 Å². The summed E-state index contributed by atoms with van der Waals surface area (Å²) in [6, 6.07) is 7.32. The predicted molar refractivity (Wildman–Crippen MR) is 73.3 cm³/mol. The van der Waals surface area contributed by atoms with Crippen molar-refractivity contribution in [2.24, 2.45) is 5.92 Å². The van der Waals surface area contributed by atoms with Crippen molar-refractivity contribution in [3.05, 3.63) is 29.8 Å². The zero-order valence-corrected chi connectivity index (χ0v) is 11.5. The fourth-order valence-electron chi connectivity index (χ4n) is 2.41. The van der Waals surface area contributed by atoms with Crippen LogP contribution in [-0.2, 0) is 0 Å².